The Kier molecular flexibility index (Phi) is 6.60. The Morgan fingerprint density at radius 2 is 2.00 bits per heavy atom. The third-order valence-corrected chi connectivity index (χ3v) is 6.05. The van der Waals surface area contributed by atoms with E-state index in [9.17, 15) is 18.8 Å². The second-order valence-corrected chi connectivity index (χ2v) is 8.22. The third-order valence-electron chi connectivity index (χ3n) is 6.05. The molecular weight excluding hydrogens is 429 g/mol. The molecule has 2 aliphatic heterocycles. The standard InChI is InChI=1S/C24H26FN3O5/c1-26-22(29)12-17-7-8-19-21(33-17)13-32-20-9-6-16(11-18(20)24(31)28(19)2)27-23(30)14-4-3-5-15(25)10-14/h3-6,9-11,17,19,21H,7-8,12-13H2,1-2H3,(H,26,29)(H,27,30)/t17-,19-,21-/m0/s1. The first-order valence-corrected chi connectivity index (χ1v) is 10.8. The van der Waals surface area contributed by atoms with Crippen molar-refractivity contribution in [2.75, 3.05) is 26.0 Å². The highest BCUT2D eigenvalue weighted by atomic mass is 19.1. The lowest BCUT2D eigenvalue weighted by Crippen LogP contribution is -2.53. The Bertz CT molecular complexity index is 1080. The lowest BCUT2D eigenvalue weighted by molar-refractivity contribution is -0.133. The minimum absolute atomic E-state index is 0.0900. The van der Waals surface area contributed by atoms with Crippen LogP contribution in [0.2, 0.25) is 0 Å². The molecule has 0 aromatic heterocycles. The van der Waals surface area contributed by atoms with E-state index in [0.717, 1.165) is 6.07 Å². The first-order valence-electron chi connectivity index (χ1n) is 10.8. The summed E-state index contributed by atoms with van der Waals surface area (Å²) in [6.07, 6.45) is 1.02. The van der Waals surface area contributed by atoms with Crippen molar-refractivity contribution in [1.82, 2.24) is 10.2 Å². The molecular formula is C24H26FN3O5. The molecule has 2 N–H and O–H groups in total. The van der Waals surface area contributed by atoms with Gasteiger partial charge in [0.25, 0.3) is 11.8 Å². The summed E-state index contributed by atoms with van der Waals surface area (Å²) in [6, 6.07) is 9.98. The van der Waals surface area contributed by atoms with E-state index in [2.05, 4.69) is 10.6 Å². The van der Waals surface area contributed by atoms with Crippen LogP contribution in [0.5, 0.6) is 5.75 Å². The van der Waals surface area contributed by atoms with E-state index >= 15 is 0 Å². The van der Waals surface area contributed by atoms with Gasteiger partial charge in [0.05, 0.1) is 24.1 Å². The number of carbonyl (C=O) groups is 3. The van der Waals surface area contributed by atoms with Crippen LogP contribution in [0.3, 0.4) is 0 Å². The Labute approximate surface area is 191 Å². The number of rotatable bonds is 4. The third kappa shape index (κ3) is 4.98. The lowest BCUT2D eigenvalue weighted by atomic mass is 9.94. The SMILES string of the molecule is CNC(=O)C[C@@H]1CC[C@H]2[C@H](COc3ccc(NC(=O)c4cccc(F)c4)cc3C(=O)N2C)O1. The highest BCUT2D eigenvalue weighted by Gasteiger charge is 2.39. The summed E-state index contributed by atoms with van der Waals surface area (Å²) in [7, 11) is 3.31. The van der Waals surface area contributed by atoms with Gasteiger partial charge < -0.3 is 25.0 Å². The molecule has 0 bridgehead atoms. The van der Waals surface area contributed by atoms with Crippen LogP contribution in [0, 0.1) is 5.82 Å². The molecule has 0 saturated carbocycles. The summed E-state index contributed by atoms with van der Waals surface area (Å²) in [6.45, 7) is 0.231. The van der Waals surface area contributed by atoms with E-state index in [0.29, 0.717) is 29.8 Å². The molecule has 1 saturated heterocycles. The Morgan fingerprint density at radius 3 is 2.76 bits per heavy atom. The van der Waals surface area contributed by atoms with Crippen molar-refractivity contribution < 1.29 is 28.2 Å². The molecule has 0 aliphatic carbocycles. The second kappa shape index (κ2) is 9.58. The van der Waals surface area contributed by atoms with Crippen LogP contribution < -0.4 is 15.4 Å². The molecule has 1 fully saturated rings. The molecule has 4 rings (SSSR count). The van der Waals surface area contributed by atoms with E-state index in [4.69, 9.17) is 9.47 Å². The molecule has 0 radical (unpaired) electrons. The van der Waals surface area contributed by atoms with Crippen molar-refractivity contribution in [3.8, 4) is 5.75 Å². The van der Waals surface area contributed by atoms with Gasteiger partial charge in [-0.05, 0) is 49.2 Å². The lowest BCUT2D eigenvalue weighted by Gasteiger charge is -2.42. The second-order valence-electron chi connectivity index (χ2n) is 8.22. The number of halogens is 1. The molecule has 9 heteroatoms. The normalized spacial score (nSPS) is 22.2. The molecule has 0 spiro atoms. The predicted molar refractivity (Wildman–Crippen MR) is 119 cm³/mol. The predicted octanol–water partition coefficient (Wildman–Crippen LogP) is 2.59. The van der Waals surface area contributed by atoms with Crippen LogP contribution in [0.25, 0.3) is 0 Å². The van der Waals surface area contributed by atoms with Gasteiger partial charge in [0.15, 0.2) is 0 Å². The number of nitrogens with one attached hydrogen (secondary N) is 2. The zero-order valence-corrected chi connectivity index (χ0v) is 18.5. The van der Waals surface area contributed by atoms with Crippen molar-refractivity contribution >= 4 is 23.4 Å². The Hall–Kier alpha value is -3.46. The molecule has 2 aromatic rings. The minimum Gasteiger partial charge on any atom is -0.490 e. The van der Waals surface area contributed by atoms with Crippen molar-refractivity contribution in [3.05, 3.63) is 59.4 Å². The maximum absolute atomic E-state index is 13.4. The monoisotopic (exact) mass is 455 g/mol. The Morgan fingerprint density at radius 1 is 1.18 bits per heavy atom. The van der Waals surface area contributed by atoms with Crippen LogP contribution in [0.1, 0.15) is 40.0 Å². The van der Waals surface area contributed by atoms with Crippen LogP contribution in [0.4, 0.5) is 10.1 Å². The van der Waals surface area contributed by atoms with E-state index in [-0.39, 0.29) is 48.7 Å². The molecule has 8 nitrogen and oxygen atoms in total. The Balaban J connectivity index is 1.52. The molecule has 0 unspecified atom stereocenters. The number of likely N-dealkylation sites (N-methyl/N-ethyl adjacent to an activating group) is 1. The highest BCUT2D eigenvalue weighted by molar-refractivity contribution is 6.05. The highest BCUT2D eigenvalue weighted by Crippen LogP contribution is 2.32. The maximum atomic E-state index is 13.4. The topological polar surface area (TPSA) is 97.0 Å². The van der Waals surface area contributed by atoms with E-state index < -0.39 is 11.7 Å². The fourth-order valence-corrected chi connectivity index (χ4v) is 4.25. The number of anilines is 1. The van der Waals surface area contributed by atoms with Gasteiger partial charge >= 0.3 is 0 Å². The maximum Gasteiger partial charge on any atom is 0.257 e. The summed E-state index contributed by atoms with van der Waals surface area (Å²) in [5, 5.41) is 5.30. The van der Waals surface area contributed by atoms with Gasteiger partial charge in [-0.3, -0.25) is 14.4 Å². The number of carbonyl (C=O) groups excluding carboxylic acids is 3. The zero-order valence-electron chi connectivity index (χ0n) is 18.5. The molecule has 2 aromatic carbocycles. The molecule has 2 aliphatic rings. The van der Waals surface area contributed by atoms with Crippen molar-refractivity contribution in [2.24, 2.45) is 0 Å². The summed E-state index contributed by atoms with van der Waals surface area (Å²) in [5.74, 6) is -0.952. The van der Waals surface area contributed by atoms with Gasteiger partial charge in [0, 0.05) is 25.3 Å². The van der Waals surface area contributed by atoms with Gasteiger partial charge in [0.1, 0.15) is 24.3 Å². The van der Waals surface area contributed by atoms with Gasteiger partial charge in [-0.25, -0.2) is 4.39 Å². The fourth-order valence-electron chi connectivity index (χ4n) is 4.25. The van der Waals surface area contributed by atoms with Crippen molar-refractivity contribution in [2.45, 2.75) is 37.5 Å². The molecule has 3 atom stereocenters. The fraction of sp³-hybridized carbons (Fsp3) is 0.375. The van der Waals surface area contributed by atoms with Crippen LogP contribution in [-0.4, -0.2) is 61.6 Å². The summed E-state index contributed by atoms with van der Waals surface area (Å²) in [4.78, 5) is 39.1. The van der Waals surface area contributed by atoms with Crippen molar-refractivity contribution in [3.63, 3.8) is 0 Å². The van der Waals surface area contributed by atoms with Gasteiger partial charge in [0.2, 0.25) is 5.91 Å². The summed E-state index contributed by atoms with van der Waals surface area (Å²) in [5.41, 5.74) is 0.895. The van der Waals surface area contributed by atoms with Gasteiger partial charge in [-0.1, -0.05) is 6.07 Å². The first kappa shape index (κ1) is 22.7. The molecule has 33 heavy (non-hydrogen) atoms. The largest absolute Gasteiger partial charge is 0.490 e. The van der Waals surface area contributed by atoms with E-state index in [1.807, 2.05) is 0 Å². The number of hydrogen-bond acceptors (Lipinski definition) is 5. The smallest absolute Gasteiger partial charge is 0.257 e. The number of amides is 3. The van der Waals surface area contributed by atoms with Crippen molar-refractivity contribution in [1.29, 1.82) is 0 Å². The van der Waals surface area contributed by atoms with Crippen LogP contribution in [0.15, 0.2) is 42.5 Å². The zero-order chi connectivity index (χ0) is 23.5. The summed E-state index contributed by atoms with van der Waals surface area (Å²) < 4.78 is 25.5. The van der Waals surface area contributed by atoms with Gasteiger partial charge in [-0.2, -0.15) is 0 Å². The van der Waals surface area contributed by atoms with Gasteiger partial charge in [-0.15, -0.1) is 0 Å². The first-order chi connectivity index (χ1) is 15.9. The molecule has 2 heterocycles. The number of benzene rings is 2. The van der Waals surface area contributed by atoms with E-state index in [1.165, 1.54) is 18.2 Å². The van der Waals surface area contributed by atoms with Crippen LogP contribution >= 0.6 is 0 Å². The quantitative estimate of drug-likeness (QED) is 0.739. The number of ether oxygens (including phenoxy) is 2. The number of nitrogens with zero attached hydrogens (tertiary/aromatic N) is 1. The van der Waals surface area contributed by atoms with Crippen LogP contribution in [-0.2, 0) is 9.53 Å². The number of hydrogen-bond donors (Lipinski definition) is 2. The average molecular weight is 455 g/mol. The molecule has 3 amide bonds. The van der Waals surface area contributed by atoms with E-state index in [1.54, 1.807) is 37.2 Å². The average Bonchev–Trinajstić information content (AvgIpc) is 2.81. The number of fused-ring (bicyclic) bond motifs is 2. The minimum atomic E-state index is -0.507. The molecule has 174 valence electrons. The summed E-state index contributed by atoms with van der Waals surface area (Å²) >= 11 is 0.